The molecule has 0 fully saturated rings. The summed E-state index contributed by atoms with van der Waals surface area (Å²) in [6.07, 6.45) is 2.11. The van der Waals surface area contributed by atoms with Gasteiger partial charge >= 0.3 is 5.70 Å². The summed E-state index contributed by atoms with van der Waals surface area (Å²) in [5.74, 6) is -0.545. The standard InChI is InChI=1S/C21H15N3O4/c1-21(14-8-4-2-5-9-14)20(22-15-10-6-3-7-11-15)17-12-16(25)13-18(24(27)28)19(17)23(21)26/h2-13H,1H3. The van der Waals surface area contributed by atoms with Crippen molar-refractivity contribution in [2.24, 2.45) is 4.99 Å². The van der Waals surface area contributed by atoms with Crippen molar-refractivity contribution in [2.75, 3.05) is 0 Å². The molecule has 2 aliphatic rings. The zero-order valence-corrected chi connectivity index (χ0v) is 14.9. The van der Waals surface area contributed by atoms with Crippen LogP contribution in [0.1, 0.15) is 12.5 Å². The van der Waals surface area contributed by atoms with Crippen LogP contribution in [0.15, 0.2) is 89.1 Å². The van der Waals surface area contributed by atoms with Gasteiger partial charge in [0.15, 0.2) is 5.78 Å². The molecule has 7 heteroatoms. The summed E-state index contributed by atoms with van der Waals surface area (Å²) in [4.78, 5) is 27.6. The summed E-state index contributed by atoms with van der Waals surface area (Å²) in [6.45, 7) is 1.66. The number of fused-ring (bicyclic) bond motifs is 1. The smallest absolute Gasteiger partial charge is 0.345 e. The van der Waals surface area contributed by atoms with Gasteiger partial charge in [-0.15, -0.1) is 0 Å². The summed E-state index contributed by atoms with van der Waals surface area (Å²) < 4.78 is 0.594. The van der Waals surface area contributed by atoms with Crippen molar-refractivity contribution in [3.8, 4) is 0 Å². The minimum Gasteiger partial charge on any atom is -0.622 e. The van der Waals surface area contributed by atoms with Crippen LogP contribution in [0.25, 0.3) is 0 Å². The molecule has 1 atom stereocenters. The van der Waals surface area contributed by atoms with E-state index in [9.17, 15) is 20.1 Å². The first-order valence-corrected chi connectivity index (χ1v) is 8.60. The highest BCUT2D eigenvalue weighted by Gasteiger charge is 2.57. The molecule has 2 aromatic carbocycles. The van der Waals surface area contributed by atoms with Gasteiger partial charge in [0.25, 0.3) is 5.71 Å². The number of nitrogens with zero attached hydrogens (tertiary/aromatic N) is 3. The van der Waals surface area contributed by atoms with E-state index in [4.69, 9.17) is 0 Å². The number of carbonyl (C=O) groups excluding carboxylic acids is 1. The van der Waals surface area contributed by atoms with Gasteiger partial charge in [-0.1, -0.05) is 48.5 Å². The summed E-state index contributed by atoms with van der Waals surface area (Å²) >= 11 is 0. The fourth-order valence-electron chi connectivity index (χ4n) is 3.53. The molecule has 0 bridgehead atoms. The number of rotatable bonds is 3. The van der Waals surface area contributed by atoms with Crippen LogP contribution in [-0.4, -0.2) is 26.9 Å². The minimum atomic E-state index is -1.32. The summed E-state index contributed by atoms with van der Waals surface area (Å²) in [7, 11) is 0. The highest BCUT2D eigenvalue weighted by Crippen LogP contribution is 2.39. The number of allylic oxidation sites excluding steroid dienone is 3. The Hall–Kier alpha value is -3.87. The fourth-order valence-corrected chi connectivity index (χ4v) is 3.53. The van der Waals surface area contributed by atoms with Crippen LogP contribution in [0.5, 0.6) is 0 Å². The second kappa shape index (κ2) is 6.38. The van der Waals surface area contributed by atoms with Gasteiger partial charge in [-0.25, -0.2) is 4.99 Å². The zero-order chi connectivity index (χ0) is 19.9. The van der Waals surface area contributed by atoms with Gasteiger partial charge in [0.1, 0.15) is 5.71 Å². The van der Waals surface area contributed by atoms with Crippen molar-refractivity contribution < 1.29 is 14.5 Å². The molecule has 2 aromatic rings. The average molecular weight is 373 g/mol. The van der Waals surface area contributed by atoms with E-state index >= 15 is 0 Å². The van der Waals surface area contributed by atoms with E-state index in [2.05, 4.69) is 4.99 Å². The second-order valence-electron chi connectivity index (χ2n) is 6.62. The molecule has 0 saturated heterocycles. The van der Waals surface area contributed by atoms with Crippen LogP contribution >= 0.6 is 0 Å². The van der Waals surface area contributed by atoms with Gasteiger partial charge in [-0.3, -0.25) is 14.9 Å². The molecule has 28 heavy (non-hydrogen) atoms. The molecule has 0 amide bonds. The Balaban J connectivity index is 2.03. The van der Waals surface area contributed by atoms with E-state index < -0.39 is 21.9 Å². The summed E-state index contributed by atoms with van der Waals surface area (Å²) in [5.41, 5.74) is -0.293. The molecule has 0 saturated carbocycles. The molecule has 1 aliphatic heterocycles. The number of aliphatic imine (C=N–C) groups is 1. The van der Waals surface area contributed by atoms with E-state index in [-0.39, 0.29) is 11.3 Å². The molecule has 7 nitrogen and oxygen atoms in total. The molecule has 0 N–H and O–H groups in total. The van der Waals surface area contributed by atoms with Gasteiger partial charge in [0.05, 0.1) is 22.3 Å². The van der Waals surface area contributed by atoms with Gasteiger partial charge in [-0.2, -0.15) is 4.74 Å². The van der Waals surface area contributed by atoms with Gasteiger partial charge in [0.2, 0.25) is 5.54 Å². The van der Waals surface area contributed by atoms with Crippen molar-refractivity contribution in [3.05, 3.63) is 105 Å². The average Bonchev–Trinajstić information content (AvgIpc) is 2.91. The number of benzene rings is 2. The zero-order valence-electron chi connectivity index (χ0n) is 14.9. The number of carbonyl (C=O) groups is 1. The summed E-state index contributed by atoms with van der Waals surface area (Å²) in [6, 6.07) is 17.9. The first-order valence-electron chi connectivity index (χ1n) is 8.60. The fraction of sp³-hybridized carbons (Fsp3) is 0.0952. The third-order valence-corrected chi connectivity index (χ3v) is 4.92. The Bertz CT molecular complexity index is 1110. The van der Waals surface area contributed by atoms with Gasteiger partial charge in [0, 0.05) is 18.6 Å². The summed E-state index contributed by atoms with van der Waals surface area (Å²) in [5, 5.41) is 24.9. The van der Waals surface area contributed by atoms with E-state index in [1.54, 1.807) is 55.5 Å². The predicted molar refractivity (Wildman–Crippen MR) is 104 cm³/mol. The van der Waals surface area contributed by atoms with Crippen molar-refractivity contribution in [1.82, 2.24) is 0 Å². The molecule has 0 spiro atoms. The van der Waals surface area contributed by atoms with Crippen molar-refractivity contribution in [3.63, 3.8) is 0 Å². The third kappa shape index (κ3) is 2.56. The molecular formula is C21H15N3O4. The normalized spacial score (nSPS) is 22.8. The highest BCUT2D eigenvalue weighted by molar-refractivity contribution is 6.37. The molecule has 138 valence electrons. The first-order chi connectivity index (χ1) is 13.4. The lowest BCUT2D eigenvalue weighted by Crippen LogP contribution is -2.37. The van der Waals surface area contributed by atoms with Crippen molar-refractivity contribution >= 4 is 22.9 Å². The van der Waals surface area contributed by atoms with Gasteiger partial charge < -0.3 is 5.21 Å². The Labute approximate surface area is 160 Å². The number of para-hydroxylation sites is 1. The van der Waals surface area contributed by atoms with E-state index in [0.29, 0.717) is 21.7 Å². The Morgan fingerprint density at radius 1 is 1.00 bits per heavy atom. The number of hydrogen-bond donors (Lipinski definition) is 0. The van der Waals surface area contributed by atoms with Gasteiger partial charge in [-0.05, 0) is 12.1 Å². The number of hydroxylamine groups is 1. The van der Waals surface area contributed by atoms with Crippen molar-refractivity contribution in [2.45, 2.75) is 12.5 Å². The van der Waals surface area contributed by atoms with Crippen LogP contribution in [0.4, 0.5) is 5.69 Å². The maximum Gasteiger partial charge on any atom is 0.345 e. The lowest BCUT2D eigenvalue weighted by atomic mass is 9.84. The SMILES string of the molecule is CC1(c2ccccc2)C(=Nc2ccccc2)C2=CC(=O)C=C([N+](=O)[O-])C2=[N+]1[O-]. The van der Waals surface area contributed by atoms with E-state index in [0.717, 1.165) is 6.08 Å². The molecule has 1 heterocycles. The van der Waals surface area contributed by atoms with Crippen LogP contribution < -0.4 is 0 Å². The lowest BCUT2D eigenvalue weighted by Gasteiger charge is -2.24. The molecular weight excluding hydrogens is 358 g/mol. The lowest BCUT2D eigenvalue weighted by molar-refractivity contribution is -0.531. The Morgan fingerprint density at radius 2 is 1.61 bits per heavy atom. The maximum absolute atomic E-state index is 13.4. The van der Waals surface area contributed by atoms with Crippen LogP contribution in [-0.2, 0) is 10.3 Å². The molecule has 0 radical (unpaired) electrons. The largest absolute Gasteiger partial charge is 0.622 e. The van der Waals surface area contributed by atoms with Crippen LogP contribution in [0.3, 0.4) is 0 Å². The second-order valence-corrected chi connectivity index (χ2v) is 6.62. The minimum absolute atomic E-state index is 0.148. The maximum atomic E-state index is 13.4. The predicted octanol–water partition coefficient (Wildman–Crippen LogP) is 3.31. The monoisotopic (exact) mass is 373 g/mol. The Kier molecular flexibility index (Phi) is 4.00. The molecule has 4 rings (SSSR count). The van der Waals surface area contributed by atoms with Crippen LogP contribution in [0, 0.1) is 15.3 Å². The van der Waals surface area contributed by atoms with Crippen LogP contribution in [0.2, 0.25) is 0 Å². The Morgan fingerprint density at radius 3 is 2.21 bits per heavy atom. The van der Waals surface area contributed by atoms with E-state index in [1.807, 2.05) is 12.1 Å². The highest BCUT2D eigenvalue weighted by atomic mass is 16.6. The third-order valence-electron chi connectivity index (χ3n) is 4.92. The van der Waals surface area contributed by atoms with Crippen molar-refractivity contribution in [1.29, 1.82) is 0 Å². The number of nitro groups is 1. The number of ketones is 1. The first kappa shape index (κ1) is 17.5. The quantitative estimate of drug-likeness (QED) is 0.271. The van der Waals surface area contributed by atoms with E-state index in [1.165, 1.54) is 6.08 Å². The molecule has 1 aliphatic carbocycles. The molecule has 0 aromatic heterocycles. The topological polar surface area (TPSA) is 98.6 Å². The number of hydrogen-bond acceptors (Lipinski definition) is 5. The molecule has 1 unspecified atom stereocenters.